The second-order valence-electron chi connectivity index (χ2n) is 12.3. The van der Waals surface area contributed by atoms with E-state index in [0.717, 1.165) is 19.3 Å². The summed E-state index contributed by atoms with van der Waals surface area (Å²) in [6, 6.07) is 0. The predicted molar refractivity (Wildman–Crippen MR) is 156 cm³/mol. The molecule has 0 aromatic carbocycles. The van der Waals surface area contributed by atoms with E-state index in [2.05, 4.69) is 41.5 Å². The predicted octanol–water partition coefficient (Wildman–Crippen LogP) is 11.6. The summed E-state index contributed by atoms with van der Waals surface area (Å²) in [7, 11) is 0. The van der Waals surface area contributed by atoms with Gasteiger partial charge in [-0.15, -0.1) is 0 Å². The Morgan fingerprint density at radius 2 is 0.914 bits per heavy atom. The molecule has 0 aromatic rings. The molecule has 0 aliphatic heterocycles. The van der Waals surface area contributed by atoms with E-state index in [1.807, 2.05) is 0 Å². The Labute approximate surface area is 221 Å². The van der Waals surface area contributed by atoms with E-state index >= 15 is 0 Å². The van der Waals surface area contributed by atoms with Crippen LogP contribution in [0.2, 0.25) is 0 Å². The van der Waals surface area contributed by atoms with Gasteiger partial charge in [-0.05, 0) is 30.6 Å². The summed E-state index contributed by atoms with van der Waals surface area (Å²) in [6.45, 7) is 13.4. The minimum absolute atomic E-state index is 0.189. The molecule has 0 saturated carbocycles. The first-order valence-corrected chi connectivity index (χ1v) is 16.1. The molecule has 0 amide bonds. The zero-order valence-electron chi connectivity index (χ0n) is 25.1. The van der Waals surface area contributed by atoms with E-state index < -0.39 is 11.4 Å². The van der Waals surface area contributed by atoms with Gasteiger partial charge in [0.2, 0.25) is 0 Å². The maximum absolute atomic E-state index is 12.7. The third-order valence-corrected chi connectivity index (χ3v) is 8.71. The molecule has 0 radical (unpaired) electrons. The second kappa shape index (κ2) is 22.7. The molecule has 0 aliphatic rings. The highest BCUT2D eigenvalue weighted by atomic mass is 16.4. The SMILES string of the molecule is CCCCCCCCCCCCCCCC(C(C)C)C(CCCCCCCCC)(C(=O)O)C(C)C. The summed E-state index contributed by atoms with van der Waals surface area (Å²) < 4.78 is 0. The zero-order chi connectivity index (χ0) is 26.4. The molecule has 2 nitrogen and oxygen atoms in total. The van der Waals surface area contributed by atoms with Crippen molar-refractivity contribution < 1.29 is 9.90 Å². The van der Waals surface area contributed by atoms with Crippen LogP contribution in [0.15, 0.2) is 0 Å². The van der Waals surface area contributed by atoms with Crippen molar-refractivity contribution in [3.63, 3.8) is 0 Å². The van der Waals surface area contributed by atoms with Crippen molar-refractivity contribution in [3.8, 4) is 0 Å². The summed E-state index contributed by atoms with van der Waals surface area (Å²) >= 11 is 0. The molecule has 2 heteroatoms. The molecule has 35 heavy (non-hydrogen) atoms. The van der Waals surface area contributed by atoms with Gasteiger partial charge >= 0.3 is 5.97 Å². The smallest absolute Gasteiger partial charge is 0.310 e. The molecule has 0 fully saturated rings. The van der Waals surface area contributed by atoms with Crippen molar-refractivity contribution in [1.29, 1.82) is 0 Å². The zero-order valence-corrected chi connectivity index (χ0v) is 25.1. The topological polar surface area (TPSA) is 37.3 Å². The van der Waals surface area contributed by atoms with Crippen LogP contribution in [0.25, 0.3) is 0 Å². The number of rotatable bonds is 26. The minimum Gasteiger partial charge on any atom is -0.481 e. The highest BCUT2D eigenvalue weighted by molar-refractivity contribution is 5.75. The summed E-state index contributed by atoms with van der Waals surface area (Å²) in [4.78, 5) is 12.7. The van der Waals surface area contributed by atoms with Crippen molar-refractivity contribution in [2.45, 2.75) is 183 Å². The first-order valence-electron chi connectivity index (χ1n) is 16.1. The number of carboxylic acid groups (broad SMARTS) is 1. The Hall–Kier alpha value is -0.530. The maximum Gasteiger partial charge on any atom is 0.310 e. The van der Waals surface area contributed by atoms with Gasteiger partial charge in [0.15, 0.2) is 0 Å². The lowest BCUT2D eigenvalue weighted by molar-refractivity contribution is -0.159. The van der Waals surface area contributed by atoms with Crippen LogP contribution in [0.3, 0.4) is 0 Å². The van der Waals surface area contributed by atoms with Crippen LogP contribution in [-0.4, -0.2) is 11.1 Å². The number of hydrogen-bond acceptors (Lipinski definition) is 1. The molecule has 0 saturated heterocycles. The summed E-state index contributed by atoms with van der Waals surface area (Å²) in [6.07, 6.45) is 28.5. The highest BCUT2D eigenvalue weighted by Crippen LogP contribution is 2.47. The molecule has 0 spiro atoms. The van der Waals surface area contributed by atoms with Crippen LogP contribution in [-0.2, 0) is 4.79 Å². The Kier molecular flexibility index (Phi) is 22.3. The molecule has 2 atom stereocenters. The Bertz CT molecular complexity index is 470. The van der Waals surface area contributed by atoms with Crippen LogP contribution >= 0.6 is 0 Å². The van der Waals surface area contributed by atoms with Gasteiger partial charge in [0.05, 0.1) is 5.41 Å². The van der Waals surface area contributed by atoms with Crippen molar-refractivity contribution >= 4 is 5.97 Å². The van der Waals surface area contributed by atoms with Crippen molar-refractivity contribution in [2.75, 3.05) is 0 Å². The molecule has 0 bridgehead atoms. The molecular weight excluding hydrogens is 428 g/mol. The fraction of sp³-hybridized carbons (Fsp3) is 0.970. The fourth-order valence-electron chi connectivity index (χ4n) is 6.36. The molecular formula is C33H66O2. The lowest BCUT2D eigenvalue weighted by atomic mass is 9.60. The largest absolute Gasteiger partial charge is 0.481 e. The third-order valence-electron chi connectivity index (χ3n) is 8.71. The molecule has 2 unspecified atom stereocenters. The van der Waals surface area contributed by atoms with Gasteiger partial charge in [-0.25, -0.2) is 0 Å². The van der Waals surface area contributed by atoms with E-state index in [4.69, 9.17) is 0 Å². The second-order valence-corrected chi connectivity index (χ2v) is 12.3. The average Bonchev–Trinajstić information content (AvgIpc) is 2.81. The van der Waals surface area contributed by atoms with E-state index in [9.17, 15) is 9.90 Å². The van der Waals surface area contributed by atoms with Gasteiger partial charge in [-0.2, -0.15) is 0 Å². The first kappa shape index (κ1) is 34.5. The average molecular weight is 495 g/mol. The number of carboxylic acids is 1. The van der Waals surface area contributed by atoms with Crippen LogP contribution in [0.1, 0.15) is 183 Å². The lowest BCUT2D eigenvalue weighted by Gasteiger charge is -2.43. The molecule has 0 aromatic heterocycles. The number of unbranched alkanes of at least 4 members (excludes halogenated alkanes) is 18. The highest BCUT2D eigenvalue weighted by Gasteiger charge is 2.48. The Balaban J connectivity index is 4.41. The number of hydrogen-bond donors (Lipinski definition) is 1. The van der Waals surface area contributed by atoms with Crippen LogP contribution < -0.4 is 0 Å². The lowest BCUT2D eigenvalue weighted by Crippen LogP contribution is -2.45. The van der Waals surface area contributed by atoms with Crippen LogP contribution in [0.5, 0.6) is 0 Å². The Morgan fingerprint density at radius 3 is 1.23 bits per heavy atom. The van der Waals surface area contributed by atoms with Gasteiger partial charge in [-0.1, -0.05) is 170 Å². The van der Waals surface area contributed by atoms with Gasteiger partial charge in [0.25, 0.3) is 0 Å². The molecule has 0 heterocycles. The normalized spacial score (nSPS) is 14.5. The Morgan fingerprint density at radius 1 is 0.571 bits per heavy atom. The molecule has 0 aliphatic carbocycles. The van der Waals surface area contributed by atoms with Crippen molar-refractivity contribution in [2.24, 2.45) is 23.2 Å². The standard InChI is InChI=1S/C33H66O2/c1-7-9-11-13-15-16-17-18-19-20-21-23-25-27-31(29(3)4)33(30(5)6,32(34)35)28-26-24-22-14-12-10-8-2/h29-31H,7-28H2,1-6H3,(H,34,35). The minimum atomic E-state index is -0.561. The number of aliphatic carboxylic acids is 1. The van der Waals surface area contributed by atoms with E-state index in [1.165, 1.54) is 122 Å². The van der Waals surface area contributed by atoms with Gasteiger partial charge < -0.3 is 5.11 Å². The van der Waals surface area contributed by atoms with Crippen molar-refractivity contribution in [3.05, 3.63) is 0 Å². The molecule has 0 rings (SSSR count). The van der Waals surface area contributed by atoms with Gasteiger partial charge in [-0.3, -0.25) is 4.79 Å². The fourth-order valence-corrected chi connectivity index (χ4v) is 6.36. The molecule has 1 N–H and O–H groups in total. The summed E-state index contributed by atoms with van der Waals surface area (Å²) in [5.74, 6) is 0.365. The van der Waals surface area contributed by atoms with Crippen LogP contribution in [0, 0.1) is 23.2 Å². The third kappa shape index (κ3) is 15.3. The van der Waals surface area contributed by atoms with Gasteiger partial charge in [0.1, 0.15) is 0 Å². The van der Waals surface area contributed by atoms with E-state index in [1.54, 1.807) is 0 Å². The maximum atomic E-state index is 12.7. The first-order chi connectivity index (χ1) is 16.8. The monoisotopic (exact) mass is 495 g/mol. The van der Waals surface area contributed by atoms with Crippen molar-refractivity contribution in [1.82, 2.24) is 0 Å². The summed E-state index contributed by atoms with van der Waals surface area (Å²) in [5, 5.41) is 10.5. The molecule has 210 valence electrons. The van der Waals surface area contributed by atoms with E-state index in [0.29, 0.717) is 5.92 Å². The number of carbonyl (C=O) groups is 1. The summed E-state index contributed by atoms with van der Waals surface area (Å²) in [5.41, 5.74) is -0.561. The van der Waals surface area contributed by atoms with Crippen LogP contribution in [0.4, 0.5) is 0 Å². The quantitative estimate of drug-likeness (QED) is 0.121. The van der Waals surface area contributed by atoms with Gasteiger partial charge in [0, 0.05) is 0 Å². The van der Waals surface area contributed by atoms with E-state index in [-0.39, 0.29) is 11.8 Å².